The fourth-order valence-corrected chi connectivity index (χ4v) is 3.59. The van der Waals surface area contributed by atoms with Crippen LogP contribution in [0.4, 0.5) is 5.69 Å². The van der Waals surface area contributed by atoms with Gasteiger partial charge in [-0.25, -0.2) is 4.99 Å². The van der Waals surface area contributed by atoms with E-state index in [0.29, 0.717) is 36.6 Å². The Hall–Kier alpha value is -1.96. The predicted molar refractivity (Wildman–Crippen MR) is 105 cm³/mol. The Morgan fingerprint density at radius 1 is 1.36 bits per heavy atom. The number of carbonyl (C=O) groups excluding carboxylic acids is 1. The minimum absolute atomic E-state index is 0.00847. The van der Waals surface area contributed by atoms with Crippen molar-refractivity contribution in [2.45, 2.75) is 0 Å². The molecule has 0 radical (unpaired) electrons. The lowest BCUT2D eigenvalue weighted by atomic mass is 10.2. The Kier molecular flexibility index (Phi) is 5.36. The lowest BCUT2D eigenvalue weighted by Crippen LogP contribution is -2.19. The van der Waals surface area contributed by atoms with Gasteiger partial charge in [-0.1, -0.05) is 23.7 Å². The first-order valence-electron chi connectivity index (χ1n) is 7.08. The number of ether oxygens (including phenoxy) is 1. The van der Waals surface area contributed by atoms with Gasteiger partial charge in [-0.15, -0.1) is 0 Å². The van der Waals surface area contributed by atoms with E-state index in [0.717, 1.165) is 0 Å². The lowest BCUT2D eigenvalue weighted by molar-refractivity contribution is -0.115. The first-order chi connectivity index (χ1) is 12.0. The van der Waals surface area contributed by atoms with Crippen molar-refractivity contribution in [3.05, 3.63) is 56.4 Å². The van der Waals surface area contributed by atoms with Gasteiger partial charge in [0.05, 0.1) is 27.2 Å². The van der Waals surface area contributed by atoms with Crippen LogP contribution < -0.4 is 10.1 Å². The third kappa shape index (κ3) is 4.00. The zero-order chi connectivity index (χ0) is 18.0. The van der Waals surface area contributed by atoms with Gasteiger partial charge in [-0.05, 0) is 63.6 Å². The number of carbonyl (C=O) groups is 1. The van der Waals surface area contributed by atoms with Crippen molar-refractivity contribution in [1.82, 2.24) is 5.32 Å². The van der Waals surface area contributed by atoms with Crippen molar-refractivity contribution >= 4 is 62.1 Å². The number of para-hydroxylation sites is 1. The summed E-state index contributed by atoms with van der Waals surface area (Å²) in [5.41, 5.74) is 1.29. The Morgan fingerprint density at radius 2 is 2.12 bits per heavy atom. The van der Waals surface area contributed by atoms with E-state index in [9.17, 15) is 9.90 Å². The molecule has 1 aliphatic heterocycles. The molecule has 0 unspecified atom stereocenters. The standard InChI is InChI=1S/C17H12BrClN2O3S/c1-24-13-7-9(6-10(18)15(13)22)8-14-16(23)21-17(25-14)20-12-5-3-2-4-11(12)19/h2-8,22H,1H3,(H,20,21,23). The number of thioether (sulfide) groups is 1. The third-order valence-electron chi connectivity index (χ3n) is 3.29. The summed E-state index contributed by atoms with van der Waals surface area (Å²) in [6.45, 7) is 0. The molecular formula is C17H12BrClN2O3S. The fourth-order valence-electron chi connectivity index (χ4n) is 2.12. The average molecular weight is 440 g/mol. The number of phenols is 1. The molecule has 1 amide bonds. The van der Waals surface area contributed by atoms with E-state index in [-0.39, 0.29) is 11.7 Å². The fraction of sp³-hybridized carbons (Fsp3) is 0.0588. The second-order valence-corrected chi connectivity index (χ2v) is 7.28. The summed E-state index contributed by atoms with van der Waals surface area (Å²) in [4.78, 5) is 17.0. The molecule has 2 aromatic rings. The van der Waals surface area contributed by atoms with Crippen LogP contribution in [0.25, 0.3) is 6.08 Å². The maximum Gasteiger partial charge on any atom is 0.264 e. The van der Waals surface area contributed by atoms with Gasteiger partial charge in [0.15, 0.2) is 16.7 Å². The number of methoxy groups -OCH3 is 1. The number of halogens is 2. The van der Waals surface area contributed by atoms with Crippen molar-refractivity contribution in [1.29, 1.82) is 0 Å². The Balaban J connectivity index is 1.90. The molecule has 1 fully saturated rings. The van der Waals surface area contributed by atoms with Crippen LogP contribution in [0.5, 0.6) is 11.5 Å². The van der Waals surface area contributed by atoms with E-state index in [1.807, 2.05) is 12.1 Å². The molecule has 128 valence electrons. The molecule has 1 aliphatic rings. The van der Waals surface area contributed by atoms with Crippen LogP contribution in [-0.2, 0) is 4.79 Å². The highest BCUT2D eigenvalue weighted by atomic mass is 79.9. The molecule has 1 saturated heterocycles. The van der Waals surface area contributed by atoms with Crippen LogP contribution in [0, 0.1) is 0 Å². The highest BCUT2D eigenvalue weighted by Crippen LogP contribution is 2.37. The van der Waals surface area contributed by atoms with Crippen molar-refractivity contribution in [3.63, 3.8) is 0 Å². The van der Waals surface area contributed by atoms with Gasteiger partial charge in [-0.3, -0.25) is 4.79 Å². The monoisotopic (exact) mass is 438 g/mol. The molecule has 0 aromatic heterocycles. The predicted octanol–water partition coefficient (Wildman–Crippen LogP) is 4.71. The van der Waals surface area contributed by atoms with Gasteiger partial charge in [-0.2, -0.15) is 0 Å². The summed E-state index contributed by atoms with van der Waals surface area (Å²) in [6.07, 6.45) is 1.70. The van der Waals surface area contributed by atoms with Gasteiger partial charge in [0.1, 0.15) is 0 Å². The van der Waals surface area contributed by atoms with E-state index >= 15 is 0 Å². The molecule has 25 heavy (non-hydrogen) atoms. The topological polar surface area (TPSA) is 70.9 Å². The van der Waals surface area contributed by atoms with Crippen molar-refractivity contribution in [3.8, 4) is 11.5 Å². The minimum atomic E-state index is -0.251. The maximum absolute atomic E-state index is 12.2. The summed E-state index contributed by atoms with van der Waals surface area (Å²) < 4.78 is 5.59. The van der Waals surface area contributed by atoms with Crippen molar-refractivity contribution < 1.29 is 14.6 Å². The Morgan fingerprint density at radius 3 is 2.84 bits per heavy atom. The van der Waals surface area contributed by atoms with Gasteiger partial charge >= 0.3 is 0 Å². The van der Waals surface area contributed by atoms with E-state index in [2.05, 4.69) is 26.2 Å². The molecule has 1 heterocycles. The zero-order valence-electron chi connectivity index (χ0n) is 12.9. The lowest BCUT2D eigenvalue weighted by Gasteiger charge is -2.06. The number of amidine groups is 1. The van der Waals surface area contributed by atoms with E-state index < -0.39 is 0 Å². The third-order valence-corrected chi connectivity index (χ3v) is 5.13. The molecule has 3 rings (SSSR count). The molecule has 0 saturated carbocycles. The molecule has 2 N–H and O–H groups in total. The van der Waals surface area contributed by atoms with Crippen LogP contribution in [0.15, 0.2) is 50.8 Å². The Labute approximate surface area is 161 Å². The van der Waals surface area contributed by atoms with E-state index in [4.69, 9.17) is 16.3 Å². The second kappa shape index (κ2) is 7.51. The number of phenolic OH excluding ortho intramolecular Hbond substituents is 1. The first-order valence-corrected chi connectivity index (χ1v) is 9.07. The van der Waals surface area contributed by atoms with Crippen LogP contribution >= 0.6 is 39.3 Å². The Bertz CT molecular complexity index is 915. The number of nitrogens with one attached hydrogen (secondary N) is 1. The molecule has 2 aromatic carbocycles. The average Bonchev–Trinajstić information content (AvgIpc) is 2.92. The van der Waals surface area contributed by atoms with Crippen molar-refractivity contribution in [2.75, 3.05) is 7.11 Å². The highest BCUT2D eigenvalue weighted by Gasteiger charge is 2.24. The number of hydrogen-bond acceptors (Lipinski definition) is 5. The number of hydrogen-bond donors (Lipinski definition) is 2. The van der Waals surface area contributed by atoms with Crippen LogP contribution in [0.1, 0.15) is 5.56 Å². The number of benzene rings is 2. The number of amides is 1. The second-order valence-electron chi connectivity index (χ2n) is 4.99. The minimum Gasteiger partial charge on any atom is -0.503 e. The van der Waals surface area contributed by atoms with Crippen LogP contribution in [0.3, 0.4) is 0 Å². The first kappa shape index (κ1) is 17.8. The SMILES string of the molecule is COc1cc(C=C2SC(=Nc3ccccc3Cl)NC2=O)cc(Br)c1O. The molecule has 5 nitrogen and oxygen atoms in total. The number of aromatic hydroxyl groups is 1. The van der Waals surface area contributed by atoms with Gasteiger partial charge in [0.25, 0.3) is 5.91 Å². The summed E-state index contributed by atoms with van der Waals surface area (Å²) in [7, 11) is 1.46. The molecule has 0 aliphatic carbocycles. The molecular weight excluding hydrogens is 428 g/mol. The highest BCUT2D eigenvalue weighted by molar-refractivity contribution is 9.10. The molecule has 0 spiro atoms. The maximum atomic E-state index is 12.2. The summed E-state index contributed by atoms with van der Waals surface area (Å²) in [5, 5.41) is 13.5. The smallest absolute Gasteiger partial charge is 0.264 e. The van der Waals surface area contributed by atoms with Crippen molar-refractivity contribution in [2.24, 2.45) is 4.99 Å². The van der Waals surface area contributed by atoms with Crippen LogP contribution in [-0.4, -0.2) is 23.3 Å². The number of nitrogens with zero attached hydrogens (tertiary/aromatic N) is 1. The van der Waals surface area contributed by atoms with E-state index in [1.165, 1.54) is 18.9 Å². The molecule has 0 bridgehead atoms. The van der Waals surface area contributed by atoms with Gasteiger partial charge in [0, 0.05) is 0 Å². The molecule has 8 heteroatoms. The van der Waals surface area contributed by atoms with E-state index in [1.54, 1.807) is 30.3 Å². The summed E-state index contributed by atoms with van der Waals surface area (Å²) in [5.74, 6) is 0.0719. The number of rotatable bonds is 3. The summed E-state index contributed by atoms with van der Waals surface area (Å²) in [6, 6.07) is 10.5. The normalized spacial score (nSPS) is 17.2. The van der Waals surface area contributed by atoms with Gasteiger partial charge in [0.2, 0.25) is 0 Å². The number of aliphatic imine (C=N–C) groups is 1. The summed E-state index contributed by atoms with van der Waals surface area (Å²) >= 11 is 10.6. The van der Waals surface area contributed by atoms with Crippen LogP contribution in [0.2, 0.25) is 5.02 Å². The zero-order valence-corrected chi connectivity index (χ0v) is 16.1. The quantitative estimate of drug-likeness (QED) is 0.680. The van der Waals surface area contributed by atoms with Gasteiger partial charge < -0.3 is 15.2 Å². The largest absolute Gasteiger partial charge is 0.503 e. The molecule has 0 atom stereocenters.